The van der Waals surface area contributed by atoms with Crippen LogP contribution in [0.15, 0.2) is 42.5 Å². The number of amides is 2. The second-order valence-electron chi connectivity index (χ2n) is 7.60. The normalized spacial score (nSPS) is 16.9. The van der Waals surface area contributed by atoms with E-state index in [4.69, 9.17) is 9.47 Å². The van der Waals surface area contributed by atoms with E-state index in [2.05, 4.69) is 10.2 Å². The number of ketones is 1. The van der Waals surface area contributed by atoms with Gasteiger partial charge in [-0.15, -0.1) is 0 Å². The molecular formula is C23H25N3O5. The van der Waals surface area contributed by atoms with Crippen LogP contribution in [0.25, 0.3) is 0 Å². The number of rotatable bonds is 5. The fourth-order valence-electron chi connectivity index (χ4n) is 3.76. The predicted molar refractivity (Wildman–Crippen MR) is 117 cm³/mol. The molecule has 2 aliphatic rings. The van der Waals surface area contributed by atoms with Gasteiger partial charge in [-0.1, -0.05) is 0 Å². The molecule has 2 aliphatic heterocycles. The Morgan fingerprint density at radius 3 is 2.45 bits per heavy atom. The minimum atomic E-state index is -0.781. The van der Waals surface area contributed by atoms with Crippen molar-refractivity contribution in [3.63, 3.8) is 0 Å². The smallest absolute Gasteiger partial charge is 0.265 e. The average Bonchev–Trinajstić information content (AvgIpc) is 2.79. The van der Waals surface area contributed by atoms with E-state index < -0.39 is 6.04 Å². The molecule has 2 aromatic carbocycles. The lowest BCUT2D eigenvalue weighted by atomic mass is 10.1. The molecular weight excluding hydrogens is 398 g/mol. The zero-order valence-corrected chi connectivity index (χ0v) is 17.6. The first-order valence-corrected chi connectivity index (χ1v) is 10.3. The number of nitrogens with zero attached hydrogens (tertiary/aromatic N) is 2. The third-order valence-corrected chi connectivity index (χ3v) is 5.52. The van der Waals surface area contributed by atoms with Crippen LogP contribution < -0.4 is 19.9 Å². The van der Waals surface area contributed by atoms with Crippen molar-refractivity contribution >= 4 is 34.7 Å². The van der Waals surface area contributed by atoms with Gasteiger partial charge in [-0.2, -0.15) is 0 Å². The van der Waals surface area contributed by atoms with Gasteiger partial charge in [0.25, 0.3) is 5.91 Å². The quantitative estimate of drug-likeness (QED) is 0.744. The second kappa shape index (κ2) is 8.77. The lowest BCUT2D eigenvalue weighted by Crippen LogP contribution is -2.49. The maximum Gasteiger partial charge on any atom is 0.265 e. The highest BCUT2D eigenvalue weighted by Crippen LogP contribution is 2.34. The molecule has 0 bridgehead atoms. The van der Waals surface area contributed by atoms with Crippen LogP contribution in [0, 0.1) is 0 Å². The molecule has 0 saturated carbocycles. The SMILES string of the molecule is CC(=O)c1ccc2c(c1)N(C(C)C(=O)Nc1ccc(N3CCOCC3)cc1)C(=O)CO2. The van der Waals surface area contributed by atoms with Gasteiger partial charge in [0.05, 0.1) is 18.9 Å². The summed E-state index contributed by atoms with van der Waals surface area (Å²) in [7, 11) is 0. The average molecular weight is 423 g/mol. The van der Waals surface area contributed by atoms with Crippen LogP contribution in [0.1, 0.15) is 24.2 Å². The Morgan fingerprint density at radius 1 is 1.06 bits per heavy atom. The van der Waals surface area contributed by atoms with Gasteiger partial charge in [0, 0.05) is 30.0 Å². The van der Waals surface area contributed by atoms with E-state index in [1.54, 1.807) is 25.1 Å². The van der Waals surface area contributed by atoms with Crippen LogP contribution in [-0.2, 0) is 14.3 Å². The molecule has 0 aromatic heterocycles. The van der Waals surface area contributed by atoms with E-state index in [0.717, 1.165) is 18.8 Å². The maximum absolute atomic E-state index is 12.9. The highest BCUT2D eigenvalue weighted by molar-refractivity contribution is 6.08. The van der Waals surface area contributed by atoms with Crippen LogP contribution in [-0.4, -0.2) is 56.5 Å². The predicted octanol–water partition coefficient (Wildman–Crippen LogP) is 2.48. The van der Waals surface area contributed by atoms with E-state index in [9.17, 15) is 14.4 Å². The lowest BCUT2D eigenvalue weighted by Gasteiger charge is -2.33. The number of carbonyl (C=O) groups excluding carboxylic acids is 3. The number of fused-ring (bicyclic) bond motifs is 1. The Hall–Kier alpha value is -3.39. The van der Waals surface area contributed by atoms with Gasteiger partial charge in [-0.25, -0.2) is 0 Å². The standard InChI is InChI=1S/C23H25N3O5/c1-15(26-20-13-17(16(2)27)3-8-21(20)31-14-22(26)28)23(29)24-18-4-6-19(7-5-18)25-9-11-30-12-10-25/h3-8,13,15H,9-12,14H2,1-2H3,(H,24,29). The molecule has 2 amide bonds. The fourth-order valence-corrected chi connectivity index (χ4v) is 3.76. The van der Waals surface area contributed by atoms with E-state index in [1.165, 1.54) is 11.8 Å². The van der Waals surface area contributed by atoms with E-state index in [1.807, 2.05) is 24.3 Å². The first-order valence-electron chi connectivity index (χ1n) is 10.3. The molecule has 1 fully saturated rings. The van der Waals surface area contributed by atoms with E-state index in [-0.39, 0.29) is 24.2 Å². The summed E-state index contributed by atoms with van der Waals surface area (Å²) in [6, 6.07) is 11.7. The zero-order chi connectivity index (χ0) is 22.0. The molecule has 162 valence electrons. The number of nitrogens with one attached hydrogen (secondary N) is 1. The van der Waals surface area contributed by atoms with Gasteiger partial charge in [0.2, 0.25) is 5.91 Å². The van der Waals surface area contributed by atoms with Crippen LogP contribution >= 0.6 is 0 Å². The van der Waals surface area contributed by atoms with Gasteiger partial charge >= 0.3 is 0 Å². The van der Waals surface area contributed by atoms with Crippen molar-refractivity contribution in [2.24, 2.45) is 0 Å². The molecule has 1 saturated heterocycles. The molecule has 2 aromatic rings. The number of anilines is 3. The second-order valence-corrected chi connectivity index (χ2v) is 7.60. The topological polar surface area (TPSA) is 88.2 Å². The Balaban J connectivity index is 1.50. The Kier molecular flexibility index (Phi) is 5.90. The minimum Gasteiger partial charge on any atom is -0.482 e. The summed E-state index contributed by atoms with van der Waals surface area (Å²) in [5, 5.41) is 2.87. The zero-order valence-electron chi connectivity index (χ0n) is 17.6. The largest absolute Gasteiger partial charge is 0.482 e. The molecule has 0 spiro atoms. The molecule has 1 unspecified atom stereocenters. The first-order chi connectivity index (χ1) is 14.9. The van der Waals surface area contributed by atoms with Gasteiger partial charge in [0.1, 0.15) is 11.8 Å². The molecule has 0 radical (unpaired) electrons. The maximum atomic E-state index is 12.9. The minimum absolute atomic E-state index is 0.127. The molecule has 31 heavy (non-hydrogen) atoms. The Bertz CT molecular complexity index is 999. The highest BCUT2D eigenvalue weighted by Gasteiger charge is 2.33. The molecule has 8 nitrogen and oxygen atoms in total. The van der Waals surface area contributed by atoms with Gasteiger partial charge < -0.3 is 19.7 Å². The number of hydrogen-bond acceptors (Lipinski definition) is 6. The molecule has 8 heteroatoms. The summed E-state index contributed by atoms with van der Waals surface area (Å²) in [5.41, 5.74) is 2.60. The van der Waals surface area contributed by atoms with Gasteiger partial charge in [-0.3, -0.25) is 19.3 Å². The van der Waals surface area contributed by atoms with Crippen LogP contribution in [0.3, 0.4) is 0 Å². The Morgan fingerprint density at radius 2 is 1.77 bits per heavy atom. The van der Waals surface area contributed by atoms with Crippen molar-refractivity contribution in [1.29, 1.82) is 0 Å². The summed E-state index contributed by atoms with van der Waals surface area (Å²) >= 11 is 0. The van der Waals surface area contributed by atoms with Crippen molar-refractivity contribution in [2.75, 3.05) is 48.0 Å². The number of morpholine rings is 1. The van der Waals surface area contributed by atoms with E-state index >= 15 is 0 Å². The number of benzene rings is 2. The fraction of sp³-hybridized carbons (Fsp3) is 0.348. The van der Waals surface area contributed by atoms with Crippen LogP contribution in [0.2, 0.25) is 0 Å². The first kappa shape index (κ1) is 20.9. The molecule has 1 atom stereocenters. The number of Topliss-reactive ketones (excluding diaryl/α,β-unsaturated/α-hetero) is 1. The summed E-state index contributed by atoms with van der Waals surface area (Å²) in [6.07, 6.45) is 0. The summed E-state index contributed by atoms with van der Waals surface area (Å²) < 4.78 is 10.8. The number of ether oxygens (including phenoxy) is 2. The summed E-state index contributed by atoms with van der Waals surface area (Å²) in [5.74, 6) is -0.315. The Labute approximate surface area is 180 Å². The third-order valence-electron chi connectivity index (χ3n) is 5.52. The summed E-state index contributed by atoms with van der Waals surface area (Å²) in [6.45, 7) is 6.04. The summed E-state index contributed by atoms with van der Waals surface area (Å²) in [4.78, 5) is 40.9. The molecule has 1 N–H and O–H groups in total. The van der Waals surface area contributed by atoms with Crippen molar-refractivity contribution in [3.8, 4) is 5.75 Å². The number of carbonyl (C=O) groups is 3. The van der Waals surface area contributed by atoms with Crippen molar-refractivity contribution in [3.05, 3.63) is 48.0 Å². The van der Waals surface area contributed by atoms with Crippen molar-refractivity contribution in [2.45, 2.75) is 19.9 Å². The van der Waals surface area contributed by atoms with Crippen molar-refractivity contribution < 1.29 is 23.9 Å². The van der Waals surface area contributed by atoms with E-state index in [0.29, 0.717) is 35.9 Å². The van der Waals surface area contributed by atoms with Crippen molar-refractivity contribution in [1.82, 2.24) is 0 Å². The van der Waals surface area contributed by atoms with Gasteiger partial charge in [-0.05, 0) is 56.3 Å². The van der Waals surface area contributed by atoms with Crippen LogP contribution in [0.4, 0.5) is 17.1 Å². The monoisotopic (exact) mass is 423 g/mol. The number of hydrogen-bond donors (Lipinski definition) is 1. The molecule has 2 heterocycles. The lowest BCUT2D eigenvalue weighted by molar-refractivity contribution is -0.125. The molecule has 4 rings (SSSR count). The van der Waals surface area contributed by atoms with Gasteiger partial charge in [0.15, 0.2) is 12.4 Å². The highest BCUT2D eigenvalue weighted by atomic mass is 16.5. The third kappa shape index (κ3) is 4.39. The molecule has 0 aliphatic carbocycles. The van der Waals surface area contributed by atoms with Crippen LogP contribution in [0.5, 0.6) is 5.75 Å².